The van der Waals surface area contributed by atoms with E-state index in [9.17, 15) is 5.11 Å². The van der Waals surface area contributed by atoms with Gasteiger partial charge < -0.3 is 15.6 Å². The lowest BCUT2D eigenvalue weighted by atomic mass is 10.00. The SMILES string of the molecule is CC[C@@H](O)[C@@H](N)c1ccccc1OCc1ccccc1.Cl. The molecule has 0 heterocycles. The van der Waals surface area contributed by atoms with Crippen molar-refractivity contribution in [2.45, 2.75) is 32.1 Å². The Morgan fingerprint density at radius 3 is 2.33 bits per heavy atom. The molecule has 0 bridgehead atoms. The molecule has 114 valence electrons. The molecule has 2 rings (SSSR count). The van der Waals surface area contributed by atoms with E-state index in [0.29, 0.717) is 13.0 Å². The van der Waals surface area contributed by atoms with Crippen LogP contribution < -0.4 is 10.5 Å². The van der Waals surface area contributed by atoms with Crippen LogP contribution in [-0.2, 0) is 6.61 Å². The molecule has 3 nitrogen and oxygen atoms in total. The van der Waals surface area contributed by atoms with Crippen LogP contribution in [0.2, 0.25) is 0 Å². The molecule has 2 aromatic carbocycles. The molecule has 2 atom stereocenters. The normalized spacial score (nSPS) is 13.1. The zero-order chi connectivity index (χ0) is 14.4. The van der Waals surface area contributed by atoms with Gasteiger partial charge in [0.1, 0.15) is 12.4 Å². The van der Waals surface area contributed by atoms with Gasteiger partial charge in [-0.2, -0.15) is 0 Å². The van der Waals surface area contributed by atoms with Crippen LogP contribution in [0, 0.1) is 0 Å². The summed E-state index contributed by atoms with van der Waals surface area (Å²) in [6.45, 7) is 2.41. The van der Waals surface area contributed by atoms with E-state index in [1.54, 1.807) is 0 Å². The quantitative estimate of drug-likeness (QED) is 0.859. The lowest BCUT2D eigenvalue weighted by Gasteiger charge is -2.20. The Morgan fingerprint density at radius 2 is 1.67 bits per heavy atom. The number of hydrogen-bond acceptors (Lipinski definition) is 3. The molecule has 0 aliphatic rings. The van der Waals surface area contributed by atoms with Gasteiger partial charge in [-0.15, -0.1) is 12.4 Å². The summed E-state index contributed by atoms with van der Waals surface area (Å²) in [5, 5.41) is 9.91. The zero-order valence-electron chi connectivity index (χ0n) is 12.1. The topological polar surface area (TPSA) is 55.5 Å². The van der Waals surface area contributed by atoms with E-state index in [0.717, 1.165) is 16.9 Å². The van der Waals surface area contributed by atoms with Gasteiger partial charge in [0.05, 0.1) is 12.1 Å². The summed E-state index contributed by atoms with van der Waals surface area (Å²) in [6.07, 6.45) is 0.0604. The highest BCUT2D eigenvalue weighted by molar-refractivity contribution is 5.85. The molecular formula is C17H22ClNO2. The Hall–Kier alpha value is -1.55. The molecule has 0 saturated heterocycles. The number of aliphatic hydroxyl groups excluding tert-OH is 1. The van der Waals surface area contributed by atoms with Crippen LogP contribution >= 0.6 is 12.4 Å². The third-order valence-corrected chi connectivity index (χ3v) is 3.35. The summed E-state index contributed by atoms with van der Waals surface area (Å²) in [7, 11) is 0. The van der Waals surface area contributed by atoms with Crippen LogP contribution in [0.4, 0.5) is 0 Å². The molecule has 3 N–H and O–H groups in total. The summed E-state index contributed by atoms with van der Waals surface area (Å²) in [6, 6.07) is 17.2. The van der Waals surface area contributed by atoms with Crippen LogP contribution in [0.25, 0.3) is 0 Å². The van der Waals surface area contributed by atoms with Crippen molar-refractivity contribution in [3.8, 4) is 5.75 Å². The summed E-state index contributed by atoms with van der Waals surface area (Å²) in [5.74, 6) is 0.733. The maximum Gasteiger partial charge on any atom is 0.124 e. The monoisotopic (exact) mass is 307 g/mol. The third kappa shape index (κ3) is 4.74. The van der Waals surface area contributed by atoms with Gasteiger partial charge in [-0.1, -0.05) is 55.5 Å². The van der Waals surface area contributed by atoms with Crippen molar-refractivity contribution >= 4 is 12.4 Å². The van der Waals surface area contributed by atoms with E-state index >= 15 is 0 Å². The number of benzene rings is 2. The zero-order valence-corrected chi connectivity index (χ0v) is 12.9. The molecule has 0 aromatic heterocycles. The Morgan fingerprint density at radius 1 is 1.05 bits per heavy atom. The largest absolute Gasteiger partial charge is 0.489 e. The van der Waals surface area contributed by atoms with E-state index in [4.69, 9.17) is 10.5 Å². The fourth-order valence-electron chi connectivity index (χ4n) is 2.08. The van der Waals surface area contributed by atoms with Crippen LogP contribution in [-0.4, -0.2) is 11.2 Å². The minimum Gasteiger partial charge on any atom is -0.489 e. The van der Waals surface area contributed by atoms with Crippen molar-refractivity contribution in [1.82, 2.24) is 0 Å². The maximum absolute atomic E-state index is 9.91. The van der Waals surface area contributed by atoms with Gasteiger partial charge in [0.25, 0.3) is 0 Å². The van der Waals surface area contributed by atoms with Gasteiger partial charge in [0, 0.05) is 5.56 Å². The summed E-state index contributed by atoms with van der Waals surface area (Å²) in [5.41, 5.74) is 8.04. The molecule has 0 spiro atoms. The van der Waals surface area contributed by atoms with Gasteiger partial charge in [0.15, 0.2) is 0 Å². The summed E-state index contributed by atoms with van der Waals surface area (Å²) < 4.78 is 5.85. The molecule has 0 aliphatic heterocycles. The van der Waals surface area contributed by atoms with E-state index in [1.165, 1.54) is 0 Å². The van der Waals surface area contributed by atoms with E-state index in [-0.39, 0.29) is 12.4 Å². The van der Waals surface area contributed by atoms with Crippen molar-refractivity contribution in [3.05, 3.63) is 65.7 Å². The minimum absolute atomic E-state index is 0. The van der Waals surface area contributed by atoms with Crippen LogP contribution in [0.5, 0.6) is 5.75 Å². The average Bonchev–Trinajstić information content (AvgIpc) is 2.52. The Kier molecular flexibility index (Phi) is 7.23. The summed E-state index contributed by atoms with van der Waals surface area (Å²) >= 11 is 0. The molecule has 0 fully saturated rings. The standard InChI is InChI=1S/C17H21NO2.ClH/c1-2-15(19)17(18)14-10-6-7-11-16(14)20-12-13-8-4-3-5-9-13;/h3-11,15,17,19H,2,12,18H2,1H3;1H/t15-,17+;/m1./s1. The van der Waals surface area contributed by atoms with Crippen LogP contribution in [0.1, 0.15) is 30.5 Å². The number of hydrogen-bond donors (Lipinski definition) is 2. The number of para-hydroxylation sites is 1. The number of ether oxygens (including phenoxy) is 1. The second-order valence-corrected chi connectivity index (χ2v) is 4.81. The van der Waals surface area contributed by atoms with Gasteiger partial charge in [-0.25, -0.2) is 0 Å². The van der Waals surface area contributed by atoms with Crippen molar-refractivity contribution in [3.63, 3.8) is 0 Å². The number of nitrogens with two attached hydrogens (primary N) is 1. The molecule has 2 aromatic rings. The van der Waals surface area contributed by atoms with E-state index in [1.807, 2.05) is 61.5 Å². The Balaban J connectivity index is 0.00000220. The first-order chi connectivity index (χ1) is 9.72. The van der Waals surface area contributed by atoms with E-state index < -0.39 is 12.1 Å². The number of aliphatic hydroxyl groups is 1. The second-order valence-electron chi connectivity index (χ2n) is 4.81. The van der Waals surface area contributed by atoms with Crippen molar-refractivity contribution in [2.75, 3.05) is 0 Å². The first-order valence-electron chi connectivity index (χ1n) is 6.91. The number of rotatable bonds is 6. The van der Waals surface area contributed by atoms with Crippen molar-refractivity contribution in [2.24, 2.45) is 5.73 Å². The second kappa shape index (κ2) is 8.67. The molecule has 21 heavy (non-hydrogen) atoms. The van der Waals surface area contributed by atoms with E-state index in [2.05, 4.69) is 0 Å². The molecule has 0 saturated carbocycles. The van der Waals surface area contributed by atoms with Gasteiger partial charge in [-0.05, 0) is 18.1 Å². The van der Waals surface area contributed by atoms with Gasteiger partial charge in [0.2, 0.25) is 0 Å². The molecule has 0 radical (unpaired) electrons. The first-order valence-corrected chi connectivity index (χ1v) is 6.91. The fourth-order valence-corrected chi connectivity index (χ4v) is 2.08. The van der Waals surface area contributed by atoms with Crippen LogP contribution in [0.15, 0.2) is 54.6 Å². The van der Waals surface area contributed by atoms with Gasteiger partial charge >= 0.3 is 0 Å². The molecule has 4 heteroatoms. The number of halogens is 1. The first kappa shape index (κ1) is 17.5. The molecule has 0 aliphatic carbocycles. The Bertz CT molecular complexity index is 533. The lowest BCUT2D eigenvalue weighted by molar-refractivity contribution is 0.138. The molecule has 0 amide bonds. The predicted molar refractivity (Wildman–Crippen MR) is 87.7 cm³/mol. The predicted octanol–water partition coefficient (Wildman–Crippen LogP) is 3.46. The maximum atomic E-state index is 9.91. The third-order valence-electron chi connectivity index (χ3n) is 3.35. The highest BCUT2D eigenvalue weighted by Gasteiger charge is 2.18. The average molecular weight is 308 g/mol. The Labute approximate surface area is 132 Å². The van der Waals surface area contributed by atoms with Crippen molar-refractivity contribution in [1.29, 1.82) is 0 Å². The highest BCUT2D eigenvalue weighted by Crippen LogP contribution is 2.27. The summed E-state index contributed by atoms with van der Waals surface area (Å²) in [4.78, 5) is 0. The van der Waals surface area contributed by atoms with Crippen molar-refractivity contribution < 1.29 is 9.84 Å². The smallest absolute Gasteiger partial charge is 0.124 e. The van der Waals surface area contributed by atoms with Crippen LogP contribution in [0.3, 0.4) is 0 Å². The lowest BCUT2D eigenvalue weighted by Crippen LogP contribution is -2.25. The molecular weight excluding hydrogens is 286 g/mol. The minimum atomic E-state index is -0.559. The van der Waals surface area contributed by atoms with Gasteiger partial charge in [-0.3, -0.25) is 0 Å². The molecule has 0 unspecified atom stereocenters. The highest BCUT2D eigenvalue weighted by atomic mass is 35.5. The fraction of sp³-hybridized carbons (Fsp3) is 0.294.